The fraction of sp³-hybridized carbons (Fsp3) is 0.938. The molecule has 1 aliphatic rings. The van der Waals surface area contributed by atoms with Gasteiger partial charge in [-0.25, -0.2) is 0 Å². The summed E-state index contributed by atoms with van der Waals surface area (Å²) in [6.07, 6.45) is 4.51. The highest BCUT2D eigenvalue weighted by Gasteiger charge is 2.38. The third-order valence-electron chi connectivity index (χ3n) is 3.74. The van der Waals surface area contributed by atoms with Crippen LogP contribution in [0, 0.1) is 5.92 Å². The Morgan fingerprint density at radius 3 is 2.50 bits per heavy atom. The molecule has 1 rings (SSSR count). The number of ether oxygens (including phenoxy) is 1. The minimum atomic E-state index is 0.0271. The number of amides is 1. The molecule has 0 spiro atoms. The molecule has 118 valence electrons. The van der Waals surface area contributed by atoms with Gasteiger partial charge in [0.1, 0.15) is 0 Å². The van der Waals surface area contributed by atoms with Crippen LogP contribution in [0.2, 0.25) is 0 Å². The molecule has 1 saturated heterocycles. The third kappa shape index (κ3) is 5.06. The summed E-state index contributed by atoms with van der Waals surface area (Å²) in [4.78, 5) is 14.5. The number of nitrogens with one attached hydrogen (secondary N) is 1. The van der Waals surface area contributed by atoms with Gasteiger partial charge in [-0.1, -0.05) is 27.2 Å². The zero-order valence-electron chi connectivity index (χ0n) is 13.8. The van der Waals surface area contributed by atoms with Crippen LogP contribution >= 0.6 is 0 Å². The highest BCUT2D eigenvalue weighted by Crippen LogP contribution is 2.20. The van der Waals surface area contributed by atoms with Gasteiger partial charge >= 0.3 is 0 Å². The van der Waals surface area contributed by atoms with Gasteiger partial charge in [-0.05, 0) is 39.0 Å². The summed E-state index contributed by atoms with van der Waals surface area (Å²) < 4.78 is 5.55. The molecule has 0 saturated carbocycles. The minimum absolute atomic E-state index is 0.0271. The summed E-state index contributed by atoms with van der Waals surface area (Å²) in [5.41, 5.74) is 0. The summed E-state index contributed by atoms with van der Waals surface area (Å²) in [5, 5.41) is 3.50. The number of carbonyl (C=O) groups excluding carboxylic acids is 1. The summed E-state index contributed by atoms with van der Waals surface area (Å²) >= 11 is 0. The van der Waals surface area contributed by atoms with Crippen molar-refractivity contribution >= 4 is 5.91 Å². The van der Waals surface area contributed by atoms with Crippen molar-refractivity contribution in [2.45, 2.75) is 78.6 Å². The normalized spacial score (nSPS) is 23.4. The second-order valence-corrected chi connectivity index (χ2v) is 6.36. The number of carbonyl (C=O) groups is 1. The molecule has 1 amide bonds. The van der Waals surface area contributed by atoms with E-state index in [1.807, 2.05) is 4.90 Å². The van der Waals surface area contributed by atoms with Gasteiger partial charge < -0.3 is 9.64 Å². The fourth-order valence-electron chi connectivity index (χ4n) is 2.70. The topological polar surface area (TPSA) is 41.6 Å². The third-order valence-corrected chi connectivity index (χ3v) is 3.74. The van der Waals surface area contributed by atoms with Crippen LogP contribution in [0.1, 0.15) is 60.3 Å². The van der Waals surface area contributed by atoms with Crippen LogP contribution in [-0.4, -0.2) is 42.3 Å². The van der Waals surface area contributed by atoms with Crippen LogP contribution in [0.15, 0.2) is 0 Å². The van der Waals surface area contributed by atoms with Crippen molar-refractivity contribution in [1.29, 1.82) is 0 Å². The van der Waals surface area contributed by atoms with E-state index in [0.717, 1.165) is 38.8 Å². The molecule has 0 bridgehead atoms. The molecule has 0 aromatic carbocycles. The number of nitrogens with zero attached hydrogens (tertiary/aromatic N) is 1. The highest BCUT2D eigenvalue weighted by molar-refractivity contribution is 5.84. The molecule has 4 nitrogen and oxygen atoms in total. The quantitative estimate of drug-likeness (QED) is 0.662. The zero-order chi connectivity index (χ0) is 15.1. The number of hydrogen-bond donors (Lipinski definition) is 1. The molecule has 4 heteroatoms. The average Bonchev–Trinajstić information content (AvgIpc) is 2.67. The Hall–Kier alpha value is -0.610. The molecular formula is C16H32N2O2. The molecule has 2 atom stereocenters. The van der Waals surface area contributed by atoms with E-state index in [0.29, 0.717) is 12.0 Å². The molecule has 1 N–H and O–H groups in total. The lowest BCUT2D eigenvalue weighted by Gasteiger charge is -2.27. The van der Waals surface area contributed by atoms with E-state index < -0.39 is 0 Å². The van der Waals surface area contributed by atoms with E-state index in [1.54, 1.807) is 0 Å². The lowest BCUT2D eigenvalue weighted by Crippen LogP contribution is -2.42. The van der Waals surface area contributed by atoms with Crippen LogP contribution < -0.4 is 5.32 Å². The maximum atomic E-state index is 12.4. The summed E-state index contributed by atoms with van der Waals surface area (Å²) in [7, 11) is 0. The summed E-state index contributed by atoms with van der Waals surface area (Å²) in [5.74, 6) is 0.739. The smallest absolute Gasteiger partial charge is 0.241 e. The molecule has 0 aromatic heterocycles. The first-order valence-corrected chi connectivity index (χ1v) is 8.15. The minimum Gasteiger partial charge on any atom is -0.379 e. The highest BCUT2D eigenvalue weighted by atomic mass is 16.5. The van der Waals surface area contributed by atoms with Crippen molar-refractivity contribution in [2.75, 3.05) is 13.2 Å². The van der Waals surface area contributed by atoms with Crippen LogP contribution in [0.3, 0.4) is 0 Å². The average molecular weight is 284 g/mol. The van der Waals surface area contributed by atoms with Crippen LogP contribution in [0.4, 0.5) is 0 Å². The largest absolute Gasteiger partial charge is 0.379 e. The predicted octanol–water partition coefficient (Wildman–Crippen LogP) is 2.77. The number of hydrogen-bond acceptors (Lipinski definition) is 3. The second kappa shape index (κ2) is 8.63. The first-order chi connectivity index (χ1) is 9.47. The molecule has 1 heterocycles. The van der Waals surface area contributed by atoms with E-state index in [2.05, 4.69) is 39.9 Å². The fourth-order valence-corrected chi connectivity index (χ4v) is 2.70. The maximum Gasteiger partial charge on any atom is 0.241 e. The van der Waals surface area contributed by atoms with Crippen LogP contribution in [0.25, 0.3) is 0 Å². The van der Waals surface area contributed by atoms with Gasteiger partial charge in [0.2, 0.25) is 5.91 Å². The number of rotatable bonds is 9. The molecule has 0 radical (unpaired) electrons. The lowest BCUT2D eigenvalue weighted by molar-refractivity contribution is -0.130. The Morgan fingerprint density at radius 2 is 1.95 bits per heavy atom. The zero-order valence-corrected chi connectivity index (χ0v) is 13.8. The monoisotopic (exact) mass is 284 g/mol. The van der Waals surface area contributed by atoms with Gasteiger partial charge in [0.25, 0.3) is 0 Å². The van der Waals surface area contributed by atoms with Crippen molar-refractivity contribution < 1.29 is 9.53 Å². The van der Waals surface area contributed by atoms with E-state index >= 15 is 0 Å². The van der Waals surface area contributed by atoms with E-state index in [1.165, 1.54) is 0 Å². The Kier molecular flexibility index (Phi) is 7.52. The van der Waals surface area contributed by atoms with Crippen molar-refractivity contribution in [3.05, 3.63) is 0 Å². The summed E-state index contributed by atoms with van der Waals surface area (Å²) in [6, 6.07) is 0.0271. The lowest BCUT2D eigenvalue weighted by atomic mass is 10.1. The Bertz CT molecular complexity index is 292. The molecular weight excluding hydrogens is 252 g/mol. The molecule has 1 aliphatic heterocycles. The molecule has 0 aromatic rings. The van der Waals surface area contributed by atoms with Gasteiger partial charge in [-0.15, -0.1) is 0 Å². The molecule has 1 fully saturated rings. The first-order valence-electron chi connectivity index (χ1n) is 8.15. The van der Waals surface area contributed by atoms with E-state index in [9.17, 15) is 4.79 Å². The van der Waals surface area contributed by atoms with Gasteiger partial charge in [0.05, 0.1) is 18.3 Å². The standard InChI is InChI=1S/C16H32N2O2/c1-6-9-14-16(19)18(15(17-14)12(2)3)10-7-8-11-20-13(4)5/h12-15,17H,6-11H2,1-5H3. The maximum absolute atomic E-state index is 12.4. The Labute approximate surface area is 124 Å². The molecule has 0 aliphatic carbocycles. The van der Waals surface area contributed by atoms with E-state index in [-0.39, 0.29) is 18.1 Å². The van der Waals surface area contributed by atoms with Crippen LogP contribution in [0.5, 0.6) is 0 Å². The molecule has 20 heavy (non-hydrogen) atoms. The first kappa shape index (κ1) is 17.4. The summed E-state index contributed by atoms with van der Waals surface area (Å²) in [6.45, 7) is 12.2. The van der Waals surface area contributed by atoms with Crippen LogP contribution in [-0.2, 0) is 9.53 Å². The SMILES string of the molecule is CCCC1NC(C(C)C)N(CCCCOC(C)C)C1=O. The van der Waals surface area contributed by atoms with Gasteiger partial charge in [0.15, 0.2) is 0 Å². The predicted molar refractivity (Wildman–Crippen MR) is 82.5 cm³/mol. The van der Waals surface area contributed by atoms with Crippen molar-refractivity contribution in [3.8, 4) is 0 Å². The van der Waals surface area contributed by atoms with E-state index in [4.69, 9.17) is 4.74 Å². The second-order valence-electron chi connectivity index (χ2n) is 6.36. The van der Waals surface area contributed by atoms with Crippen molar-refractivity contribution in [3.63, 3.8) is 0 Å². The molecule has 2 unspecified atom stereocenters. The van der Waals surface area contributed by atoms with Gasteiger partial charge in [-0.3, -0.25) is 10.1 Å². The van der Waals surface area contributed by atoms with Gasteiger partial charge in [-0.2, -0.15) is 0 Å². The van der Waals surface area contributed by atoms with Crippen molar-refractivity contribution in [1.82, 2.24) is 10.2 Å². The Morgan fingerprint density at radius 1 is 1.25 bits per heavy atom. The van der Waals surface area contributed by atoms with Crippen molar-refractivity contribution in [2.24, 2.45) is 5.92 Å². The van der Waals surface area contributed by atoms with Gasteiger partial charge in [0, 0.05) is 13.2 Å². The number of unbranched alkanes of at least 4 members (excludes halogenated alkanes) is 1. The Balaban J connectivity index is 2.41.